The van der Waals surface area contributed by atoms with Gasteiger partial charge in [0.25, 0.3) is 5.56 Å². The van der Waals surface area contributed by atoms with E-state index in [4.69, 9.17) is 4.74 Å². The van der Waals surface area contributed by atoms with Gasteiger partial charge in [0.1, 0.15) is 11.6 Å². The Morgan fingerprint density at radius 1 is 1.22 bits per heavy atom. The quantitative estimate of drug-likeness (QED) is 0.581. The number of amides is 1. The number of benzene rings is 1. The van der Waals surface area contributed by atoms with Gasteiger partial charge in [0, 0.05) is 25.1 Å². The average Bonchev–Trinajstić information content (AvgIpc) is 2.67. The predicted octanol–water partition coefficient (Wildman–Crippen LogP) is 3.55. The molecule has 1 atom stereocenters. The molecular formula is C20H25N3O3S. The Labute approximate surface area is 163 Å². The van der Waals surface area contributed by atoms with E-state index in [2.05, 4.69) is 24.1 Å². The summed E-state index contributed by atoms with van der Waals surface area (Å²) in [6.45, 7) is 4.80. The minimum absolute atomic E-state index is 0.0912. The van der Waals surface area contributed by atoms with Crippen LogP contribution in [0.15, 0.2) is 34.2 Å². The molecule has 0 unspecified atom stereocenters. The van der Waals surface area contributed by atoms with E-state index >= 15 is 0 Å². The maximum absolute atomic E-state index is 12.8. The molecule has 7 heteroatoms. The lowest BCUT2D eigenvalue weighted by molar-refractivity contribution is -0.116. The van der Waals surface area contributed by atoms with Crippen molar-refractivity contribution in [2.45, 2.75) is 44.2 Å². The second-order valence-electron chi connectivity index (χ2n) is 6.59. The molecule has 0 bridgehead atoms. The van der Waals surface area contributed by atoms with Crippen molar-refractivity contribution >= 4 is 23.5 Å². The molecule has 1 aliphatic rings. The van der Waals surface area contributed by atoms with Crippen LogP contribution >= 0.6 is 11.8 Å². The SMILES string of the molecule is CCCOc1ccc([C@@H]2CC(=O)Nc3c2c(=O)nc(SCCC)n3C)cc1. The van der Waals surface area contributed by atoms with Crippen molar-refractivity contribution in [1.82, 2.24) is 9.55 Å². The van der Waals surface area contributed by atoms with Gasteiger partial charge in [-0.2, -0.15) is 4.98 Å². The van der Waals surface area contributed by atoms with Crippen LogP contribution in [0.3, 0.4) is 0 Å². The zero-order chi connectivity index (χ0) is 19.4. The van der Waals surface area contributed by atoms with Crippen molar-refractivity contribution in [1.29, 1.82) is 0 Å². The minimum atomic E-state index is -0.301. The van der Waals surface area contributed by atoms with E-state index < -0.39 is 0 Å². The van der Waals surface area contributed by atoms with Gasteiger partial charge in [-0.05, 0) is 30.5 Å². The number of rotatable bonds is 7. The molecule has 6 nitrogen and oxygen atoms in total. The smallest absolute Gasteiger partial charge is 0.279 e. The van der Waals surface area contributed by atoms with Crippen LogP contribution in [0, 0.1) is 0 Å². The van der Waals surface area contributed by atoms with Crippen LogP contribution in [0.25, 0.3) is 0 Å². The maximum Gasteiger partial charge on any atom is 0.279 e. The molecule has 2 aromatic rings. The number of carbonyl (C=O) groups is 1. The highest BCUT2D eigenvalue weighted by molar-refractivity contribution is 7.99. The second-order valence-corrected chi connectivity index (χ2v) is 7.65. The molecule has 1 aromatic carbocycles. The van der Waals surface area contributed by atoms with Crippen molar-refractivity contribution in [2.75, 3.05) is 17.7 Å². The summed E-state index contributed by atoms with van der Waals surface area (Å²) in [5, 5.41) is 3.50. The van der Waals surface area contributed by atoms with Gasteiger partial charge >= 0.3 is 0 Å². The third-order valence-corrected chi connectivity index (χ3v) is 5.73. The van der Waals surface area contributed by atoms with Crippen molar-refractivity contribution < 1.29 is 9.53 Å². The third kappa shape index (κ3) is 4.18. The number of aromatic nitrogens is 2. The minimum Gasteiger partial charge on any atom is -0.494 e. The molecule has 3 rings (SSSR count). The summed E-state index contributed by atoms with van der Waals surface area (Å²) in [6.07, 6.45) is 2.16. The first-order valence-corrected chi connectivity index (χ1v) is 10.3. The summed E-state index contributed by atoms with van der Waals surface area (Å²) in [4.78, 5) is 29.4. The topological polar surface area (TPSA) is 73.2 Å². The van der Waals surface area contributed by atoms with Gasteiger partial charge in [-0.1, -0.05) is 37.7 Å². The number of thioether (sulfide) groups is 1. The predicted molar refractivity (Wildman–Crippen MR) is 108 cm³/mol. The second kappa shape index (κ2) is 8.61. The van der Waals surface area contributed by atoms with E-state index in [1.807, 2.05) is 35.9 Å². The van der Waals surface area contributed by atoms with Crippen LogP contribution in [0.2, 0.25) is 0 Å². The van der Waals surface area contributed by atoms with E-state index in [0.717, 1.165) is 29.9 Å². The summed E-state index contributed by atoms with van der Waals surface area (Å²) in [7, 11) is 1.84. The molecule has 27 heavy (non-hydrogen) atoms. The molecule has 2 heterocycles. The number of fused-ring (bicyclic) bond motifs is 1. The number of nitrogens with zero attached hydrogens (tertiary/aromatic N) is 2. The molecule has 1 aromatic heterocycles. The van der Waals surface area contributed by atoms with E-state index in [0.29, 0.717) is 23.1 Å². The van der Waals surface area contributed by atoms with Gasteiger partial charge in [-0.3, -0.25) is 9.59 Å². The summed E-state index contributed by atoms with van der Waals surface area (Å²) in [6, 6.07) is 7.63. The fraction of sp³-hybridized carbons (Fsp3) is 0.450. The van der Waals surface area contributed by atoms with Gasteiger partial charge < -0.3 is 14.6 Å². The number of carbonyl (C=O) groups excluding carboxylic acids is 1. The Hall–Kier alpha value is -2.28. The van der Waals surface area contributed by atoms with Crippen LogP contribution in [-0.2, 0) is 11.8 Å². The molecule has 0 radical (unpaired) electrons. The molecule has 1 amide bonds. The average molecular weight is 388 g/mol. The summed E-state index contributed by atoms with van der Waals surface area (Å²) in [5.41, 5.74) is 1.21. The molecule has 1 aliphatic heterocycles. The molecular weight excluding hydrogens is 362 g/mol. The maximum atomic E-state index is 12.8. The highest BCUT2D eigenvalue weighted by atomic mass is 32.2. The Morgan fingerprint density at radius 3 is 2.63 bits per heavy atom. The highest BCUT2D eigenvalue weighted by Gasteiger charge is 2.32. The highest BCUT2D eigenvalue weighted by Crippen LogP contribution is 2.36. The molecule has 0 saturated heterocycles. The zero-order valence-corrected chi connectivity index (χ0v) is 16.8. The fourth-order valence-electron chi connectivity index (χ4n) is 3.16. The van der Waals surface area contributed by atoms with Gasteiger partial charge in [0.2, 0.25) is 5.91 Å². The molecule has 1 N–H and O–H groups in total. The first-order chi connectivity index (χ1) is 13.0. The molecule has 0 fully saturated rings. The van der Waals surface area contributed by atoms with Crippen LogP contribution in [-0.4, -0.2) is 27.8 Å². The van der Waals surface area contributed by atoms with Gasteiger partial charge in [-0.15, -0.1) is 0 Å². The van der Waals surface area contributed by atoms with Gasteiger partial charge in [0.05, 0.1) is 12.2 Å². The zero-order valence-electron chi connectivity index (χ0n) is 15.9. The van der Waals surface area contributed by atoms with E-state index in [9.17, 15) is 9.59 Å². The van der Waals surface area contributed by atoms with Crippen LogP contribution in [0.1, 0.15) is 50.2 Å². The number of ether oxygens (including phenoxy) is 1. The number of hydrogen-bond donors (Lipinski definition) is 1. The lowest BCUT2D eigenvalue weighted by atomic mass is 9.87. The largest absolute Gasteiger partial charge is 0.494 e. The van der Waals surface area contributed by atoms with E-state index in [-0.39, 0.29) is 23.8 Å². The van der Waals surface area contributed by atoms with Crippen LogP contribution < -0.4 is 15.6 Å². The molecule has 0 saturated carbocycles. The normalized spacial score (nSPS) is 16.0. The first-order valence-electron chi connectivity index (χ1n) is 9.31. The first kappa shape index (κ1) is 19.5. The molecule has 0 spiro atoms. The van der Waals surface area contributed by atoms with Gasteiger partial charge in [-0.25, -0.2) is 0 Å². The lowest BCUT2D eigenvalue weighted by Gasteiger charge is -2.27. The summed E-state index contributed by atoms with van der Waals surface area (Å²) < 4.78 is 7.44. The van der Waals surface area contributed by atoms with Crippen molar-refractivity contribution in [3.05, 3.63) is 45.7 Å². The van der Waals surface area contributed by atoms with E-state index in [1.165, 1.54) is 11.8 Å². The fourth-order valence-corrected chi connectivity index (χ4v) is 3.98. The van der Waals surface area contributed by atoms with Crippen LogP contribution in [0.5, 0.6) is 5.75 Å². The molecule has 144 valence electrons. The Kier molecular flexibility index (Phi) is 6.21. The number of anilines is 1. The molecule has 0 aliphatic carbocycles. The third-order valence-electron chi connectivity index (χ3n) is 4.49. The van der Waals surface area contributed by atoms with Crippen molar-refractivity contribution in [3.63, 3.8) is 0 Å². The summed E-state index contributed by atoms with van der Waals surface area (Å²) >= 11 is 1.53. The van der Waals surface area contributed by atoms with Crippen molar-refractivity contribution in [3.8, 4) is 5.75 Å². The van der Waals surface area contributed by atoms with Crippen LogP contribution in [0.4, 0.5) is 5.82 Å². The lowest BCUT2D eigenvalue weighted by Crippen LogP contribution is -2.33. The Bertz CT molecular complexity index is 877. The van der Waals surface area contributed by atoms with Gasteiger partial charge in [0.15, 0.2) is 5.16 Å². The number of hydrogen-bond acceptors (Lipinski definition) is 5. The Morgan fingerprint density at radius 2 is 1.96 bits per heavy atom. The summed E-state index contributed by atoms with van der Waals surface area (Å²) in [5.74, 6) is 1.83. The number of nitrogens with one attached hydrogen (secondary N) is 1. The standard InChI is InChI=1S/C20H25N3O3S/c1-4-10-26-14-8-6-13(7-9-14)15-12-16(24)21-18-17(15)19(25)22-20(23(18)3)27-11-5-2/h6-9,15H,4-5,10-12H2,1-3H3,(H,21,24)/t15-/m0/s1. The monoisotopic (exact) mass is 387 g/mol. The van der Waals surface area contributed by atoms with Crippen molar-refractivity contribution in [2.24, 2.45) is 7.05 Å². The van der Waals surface area contributed by atoms with E-state index in [1.54, 1.807) is 0 Å². The Balaban J connectivity index is 1.99.